The van der Waals surface area contributed by atoms with Crippen LogP contribution in [0.25, 0.3) is 0 Å². The van der Waals surface area contributed by atoms with E-state index in [1.54, 1.807) is 11.3 Å². The van der Waals surface area contributed by atoms with Crippen LogP contribution in [-0.2, 0) is 6.42 Å². The molecule has 3 nitrogen and oxygen atoms in total. The third-order valence-electron chi connectivity index (χ3n) is 4.79. The first kappa shape index (κ1) is 16.6. The quantitative estimate of drug-likeness (QED) is 0.874. The van der Waals surface area contributed by atoms with Crippen molar-refractivity contribution < 1.29 is 5.11 Å². The molecule has 0 spiro atoms. The number of aromatic nitrogens is 1. The van der Waals surface area contributed by atoms with E-state index in [0.29, 0.717) is 5.92 Å². The molecule has 1 unspecified atom stereocenters. The Balaban J connectivity index is 1.40. The molecule has 1 N–H and O–H groups in total. The average molecular weight is 330 g/mol. The van der Waals surface area contributed by atoms with Gasteiger partial charge in [-0.25, -0.2) is 4.98 Å². The van der Waals surface area contributed by atoms with Crippen LogP contribution in [0.4, 0.5) is 0 Å². The summed E-state index contributed by atoms with van der Waals surface area (Å²) < 4.78 is 0. The number of piperidine rings is 1. The highest BCUT2D eigenvalue weighted by molar-refractivity contribution is 7.09. The smallest absolute Gasteiger partial charge is 0.0897 e. The first-order valence-electron chi connectivity index (χ1n) is 8.59. The molecule has 0 aliphatic carbocycles. The maximum atomic E-state index is 10.5. The van der Waals surface area contributed by atoms with Crippen molar-refractivity contribution in [2.24, 2.45) is 5.92 Å². The standard InChI is InChI=1S/C19H26N2OS/c1-15-20-18(14-23-15)8-5-11-21-12-9-17(10-13-21)19(22)16-6-3-2-4-7-16/h2-4,6-7,14,17,19,22H,5,8-13H2,1H3. The van der Waals surface area contributed by atoms with Crippen LogP contribution in [0.15, 0.2) is 35.7 Å². The van der Waals surface area contributed by atoms with Gasteiger partial charge in [-0.15, -0.1) is 11.3 Å². The highest BCUT2D eigenvalue weighted by Gasteiger charge is 2.25. The first-order chi connectivity index (χ1) is 11.2. The van der Waals surface area contributed by atoms with Crippen LogP contribution < -0.4 is 0 Å². The molecule has 2 heterocycles. The predicted octanol–water partition coefficient (Wildman–Crippen LogP) is 3.83. The normalized spacial score (nSPS) is 18.2. The van der Waals surface area contributed by atoms with Crippen molar-refractivity contribution in [3.63, 3.8) is 0 Å². The van der Waals surface area contributed by atoms with Crippen molar-refractivity contribution in [2.45, 2.75) is 38.7 Å². The fraction of sp³-hybridized carbons (Fsp3) is 0.526. The summed E-state index contributed by atoms with van der Waals surface area (Å²) >= 11 is 1.74. The topological polar surface area (TPSA) is 36.4 Å². The van der Waals surface area contributed by atoms with Gasteiger partial charge in [-0.1, -0.05) is 30.3 Å². The summed E-state index contributed by atoms with van der Waals surface area (Å²) in [7, 11) is 0. The highest BCUT2D eigenvalue weighted by Crippen LogP contribution is 2.30. The Morgan fingerprint density at radius 1 is 1.26 bits per heavy atom. The van der Waals surface area contributed by atoms with E-state index in [2.05, 4.69) is 22.2 Å². The molecule has 1 fully saturated rings. The van der Waals surface area contributed by atoms with E-state index in [-0.39, 0.29) is 6.10 Å². The summed E-state index contributed by atoms with van der Waals surface area (Å²) in [6.07, 6.45) is 4.13. The lowest BCUT2D eigenvalue weighted by atomic mass is 9.87. The van der Waals surface area contributed by atoms with Crippen molar-refractivity contribution in [3.8, 4) is 0 Å². The van der Waals surface area contributed by atoms with E-state index in [0.717, 1.165) is 49.5 Å². The zero-order valence-corrected chi connectivity index (χ0v) is 14.6. The van der Waals surface area contributed by atoms with Gasteiger partial charge in [0.05, 0.1) is 16.8 Å². The van der Waals surface area contributed by atoms with E-state index in [9.17, 15) is 5.11 Å². The molecule has 1 aliphatic rings. The van der Waals surface area contributed by atoms with Crippen molar-refractivity contribution in [1.82, 2.24) is 9.88 Å². The number of aliphatic hydroxyl groups is 1. The Morgan fingerprint density at radius 3 is 2.65 bits per heavy atom. The Labute approximate surface area is 143 Å². The average Bonchev–Trinajstić information content (AvgIpc) is 3.01. The molecule has 0 radical (unpaired) electrons. The van der Waals surface area contributed by atoms with E-state index >= 15 is 0 Å². The number of thiazole rings is 1. The minimum absolute atomic E-state index is 0.309. The third-order valence-corrected chi connectivity index (χ3v) is 5.62. The number of rotatable bonds is 6. The maximum absolute atomic E-state index is 10.5. The van der Waals surface area contributed by atoms with Crippen LogP contribution in [-0.4, -0.2) is 34.6 Å². The molecule has 4 heteroatoms. The second kappa shape index (κ2) is 8.04. The molecule has 0 saturated carbocycles. The molecule has 0 bridgehead atoms. The Kier molecular flexibility index (Phi) is 5.81. The lowest BCUT2D eigenvalue weighted by Gasteiger charge is -2.34. The van der Waals surface area contributed by atoms with Crippen LogP contribution in [0.5, 0.6) is 0 Å². The van der Waals surface area contributed by atoms with Gasteiger partial charge >= 0.3 is 0 Å². The molecule has 0 amide bonds. The molecule has 1 aromatic carbocycles. The largest absolute Gasteiger partial charge is 0.388 e. The fourth-order valence-electron chi connectivity index (χ4n) is 3.42. The molecule has 3 rings (SSSR count). The molecule has 1 aliphatic heterocycles. The van der Waals surface area contributed by atoms with Crippen molar-refractivity contribution in [3.05, 3.63) is 52.0 Å². The Bertz CT molecular complexity index is 590. The first-order valence-corrected chi connectivity index (χ1v) is 9.46. The van der Waals surface area contributed by atoms with E-state index in [1.165, 1.54) is 12.1 Å². The summed E-state index contributed by atoms with van der Waals surface area (Å²) in [4.78, 5) is 7.06. The van der Waals surface area contributed by atoms with Gasteiger partial charge in [0.1, 0.15) is 0 Å². The molecular weight excluding hydrogens is 304 g/mol. The minimum Gasteiger partial charge on any atom is -0.388 e. The number of benzene rings is 1. The van der Waals surface area contributed by atoms with Crippen LogP contribution in [0.1, 0.15) is 41.6 Å². The third kappa shape index (κ3) is 4.63. The minimum atomic E-state index is -0.309. The van der Waals surface area contributed by atoms with Crippen LogP contribution in [0, 0.1) is 12.8 Å². The van der Waals surface area contributed by atoms with E-state index in [4.69, 9.17) is 0 Å². The van der Waals surface area contributed by atoms with E-state index in [1.807, 2.05) is 30.3 Å². The van der Waals surface area contributed by atoms with Gasteiger partial charge in [0.15, 0.2) is 0 Å². The molecule has 23 heavy (non-hydrogen) atoms. The molecule has 1 saturated heterocycles. The summed E-state index contributed by atoms with van der Waals surface area (Å²) in [6, 6.07) is 10.1. The Morgan fingerprint density at radius 2 is 2.00 bits per heavy atom. The number of aliphatic hydroxyl groups excluding tert-OH is 1. The van der Waals surface area contributed by atoms with Gasteiger partial charge in [-0.05, 0) is 63.7 Å². The zero-order valence-electron chi connectivity index (χ0n) is 13.8. The number of hydrogen-bond acceptors (Lipinski definition) is 4. The summed E-state index contributed by atoms with van der Waals surface area (Å²) in [5.41, 5.74) is 2.30. The lowest BCUT2D eigenvalue weighted by Crippen LogP contribution is -2.36. The van der Waals surface area contributed by atoms with Crippen LogP contribution in [0.3, 0.4) is 0 Å². The lowest BCUT2D eigenvalue weighted by molar-refractivity contribution is 0.0586. The number of likely N-dealkylation sites (tertiary alicyclic amines) is 1. The Hall–Kier alpha value is -1.23. The molecular formula is C19H26N2OS. The number of aryl methyl sites for hydroxylation is 2. The number of hydrogen-bond donors (Lipinski definition) is 1. The van der Waals surface area contributed by atoms with Gasteiger partial charge in [-0.2, -0.15) is 0 Å². The van der Waals surface area contributed by atoms with Crippen LogP contribution >= 0.6 is 11.3 Å². The second-order valence-electron chi connectivity index (χ2n) is 6.50. The van der Waals surface area contributed by atoms with Gasteiger partial charge < -0.3 is 10.0 Å². The maximum Gasteiger partial charge on any atom is 0.0897 e. The van der Waals surface area contributed by atoms with Gasteiger partial charge in [0.25, 0.3) is 0 Å². The summed E-state index contributed by atoms with van der Waals surface area (Å²) in [5, 5.41) is 13.9. The predicted molar refractivity (Wildman–Crippen MR) is 95.7 cm³/mol. The monoisotopic (exact) mass is 330 g/mol. The number of nitrogens with zero attached hydrogens (tertiary/aromatic N) is 2. The second-order valence-corrected chi connectivity index (χ2v) is 7.56. The van der Waals surface area contributed by atoms with Gasteiger partial charge in [-0.3, -0.25) is 0 Å². The van der Waals surface area contributed by atoms with Crippen molar-refractivity contribution >= 4 is 11.3 Å². The summed E-state index contributed by atoms with van der Waals surface area (Å²) in [5.74, 6) is 0.398. The zero-order chi connectivity index (χ0) is 16.1. The highest BCUT2D eigenvalue weighted by atomic mass is 32.1. The van der Waals surface area contributed by atoms with Crippen molar-refractivity contribution in [1.29, 1.82) is 0 Å². The van der Waals surface area contributed by atoms with Gasteiger partial charge in [0, 0.05) is 5.38 Å². The molecule has 1 aromatic heterocycles. The SMILES string of the molecule is Cc1nc(CCCN2CCC(C(O)c3ccccc3)CC2)cs1. The molecule has 2 aromatic rings. The molecule has 1 atom stereocenters. The summed E-state index contributed by atoms with van der Waals surface area (Å²) in [6.45, 7) is 5.41. The van der Waals surface area contributed by atoms with Crippen LogP contribution in [0.2, 0.25) is 0 Å². The van der Waals surface area contributed by atoms with Gasteiger partial charge in [0.2, 0.25) is 0 Å². The fourth-order valence-corrected chi connectivity index (χ4v) is 4.07. The molecule has 124 valence electrons. The van der Waals surface area contributed by atoms with Crippen molar-refractivity contribution in [2.75, 3.05) is 19.6 Å². The van der Waals surface area contributed by atoms with E-state index < -0.39 is 0 Å².